The Morgan fingerprint density at radius 3 is 1.56 bits per heavy atom. The smallest absolute Gasteiger partial charge is 0.335 e. The van der Waals surface area contributed by atoms with Crippen LogP contribution in [-0.2, 0) is 19.6 Å². The lowest BCUT2D eigenvalue weighted by Crippen LogP contribution is -2.05. The van der Waals surface area contributed by atoms with Crippen molar-refractivity contribution in [3.05, 3.63) is 76.3 Å². The van der Waals surface area contributed by atoms with Crippen LogP contribution >= 0.6 is 0 Å². The van der Waals surface area contributed by atoms with Gasteiger partial charge in [-0.1, -0.05) is 13.0 Å². The van der Waals surface area contributed by atoms with E-state index in [4.69, 9.17) is 23.7 Å². The number of benzene rings is 3. The molecule has 9 nitrogen and oxygen atoms in total. The van der Waals surface area contributed by atoms with Gasteiger partial charge in [0.05, 0.1) is 32.5 Å². The molecule has 190 valence electrons. The van der Waals surface area contributed by atoms with Crippen LogP contribution < -0.4 is 23.7 Å². The standard InChI is InChI=1S/C27H28O9/c1-5-16-6-17(14-36-22-12-19(26(28)29)11-20(13-22)27(30)31)8-21(7-16)35-15-18-9-23(32-2)25(34-4)24(10-18)33-3/h6-13H,5,14-15H2,1-4H3,(H,28,29)(H,30,31). The first-order chi connectivity index (χ1) is 17.3. The van der Waals surface area contributed by atoms with E-state index in [1.54, 1.807) is 14.2 Å². The van der Waals surface area contributed by atoms with Crippen molar-refractivity contribution in [2.45, 2.75) is 26.6 Å². The molecule has 3 aromatic rings. The van der Waals surface area contributed by atoms with Crippen LogP contribution in [0.4, 0.5) is 0 Å². The zero-order valence-corrected chi connectivity index (χ0v) is 20.5. The van der Waals surface area contributed by atoms with Crippen LogP contribution in [0.15, 0.2) is 48.5 Å². The second-order valence-corrected chi connectivity index (χ2v) is 7.81. The summed E-state index contributed by atoms with van der Waals surface area (Å²) in [6, 6.07) is 13.0. The van der Waals surface area contributed by atoms with Crippen LogP contribution in [0.3, 0.4) is 0 Å². The van der Waals surface area contributed by atoms with E-state index in [0.29, 0.717) is 23.0 Å². The number of aryl methyl sites for hydroxylation is 1. The van der Waals surface area contributed by atoms with E-state index < -0.39 is 11.9 Å². The molecule has 2 N–H and O–H groups in total. The third-order valence-corrected chi connectivity index (χ3v) is 5.37. The second kappa shape index (κ2) is 11.8. The molecule has 0 aromatic heterocycles. The first-order valence-electron chi connectivity index (χ1n) is 11.1. The van der Waals surface area contributed by atoms with Crippen molar-refractivity contribution < 1.29 is 43.5 Å². The van der Waals surface area contributed by atoms with Crippen LogP contribution in [0.25, 0.3) is 0 Å². The fourth-order valence-electron chi connectivity index (χ4n) is 3.58. The predicted molar refractivity (Wildman–Crippen MR) is 131 cm³/mol. The molecule has 0 amide bonds. The van der Waals surface area contributed by atoms with Crippen molar-refractivity contribution in [2.75, 3.05) is 21.3 Å². The summed E-state index contributed by atoms with van der Waals surface area (Å²) < 4.78 is 27.9. The summed E-state index contributed by atoms with van der Waals surface area (Å²) in [7, 11) is 4.63. The van der Waals surface area contributed by atoms with Gasteiger partial charge in [-0.3, -0.25) is 0 Å². The van der Waals surface area contributed by atoms with E-state index in [-0.39, 0.29) is 30.1 Å². The number of aromatic carboxylic acids is 2. The van der Waals surface area contributed by atoms with Crippen LogP contribution in [0, 0.1) is 0 Å². The van der Waals surface area contributed by atoms with Crippen molar-refractivity contribution in [3.8, 4) is 28.7 Å². The number of methoxy groups -OCH3 is 3. The summed E-state index contributed by atoms with van der Waals surface area (Å²) in [5.74, 6) is -0.167. The van der Waals surface area contributed by atoms with E-state index in [1.807, 2.05) is 37.3 Å². The van der Waals surface area contributed by atoms with E-state index in [2.05, 4.69) is 0 Å². The number of rotatable bonds is 12. The Morgan fingerprint density at radius 2 is 1.11 bits per heavy atom. The number of hydrogen-bond acceptors (Lipinski definition) is 7. The maximum atomic E-state index is 11.3. The van der Waals surface area contributed by atoms with Gasteiger partial charge in [0.15, 0.2) is 11.5 Å². The molecule has 0 saturated heterocycles. The van der Waals surface area contributed by atoms with Gasteiger partial charge in [-0.25, -0.2) is 9.59 Å². The van der Waals surface area contributed by atoms with E-state index in [1.165, 1.54) is 19.2 Å². The molecule has 0 aliphatic rings. The molecule has 0 fully saturated rings. The zero-order valence-electron chi connectivity index (χ0n) is 20.5. The Bertz CT molecular complexity index is 1190. The molecule has 0 unspecified atom stereocenters. The summed E-state index contributed by atoms with van der Waals surface area (Å²) in [6.45, 7) is 2.35. The van der Waals surface area contributed by atoms with Gasteiger partial charge in [-0.2, -0.15) is 0 Å². The van der Waals surface area contributed by atoms with Crippen molar-refractivity contribution >= 4 is 11.9 Å². The lowest BCUT2D eigenvalue weighted by Gasteiger charge is -2.15. The van der Waals surface area contributed by atoms with Crippen molar-refractivity contribution in [1.29, 1.82) is 0 Å². The highest BCUT2D eigenvalue weighted by Crippen LogP contribution is 2.38. The molecule has 0 spiro atoms. The lowest BCUT2D eigenvalue weighted by atomic mass is 10.1. The number of carboxylic acid groups (broad SMARTS) is 2. The maximum absolute atomic E-state index is 11.3. The zero-order chi connectivity index (χ0) is 26.2. The summed E-state index contributed by atoms with van der Waals surface area (Å²) >= 11 is 0. The SMILES string of the molecule is CCc1cc(COc2cc(C(=O)O)cc(C(=O)O)c2)cc(OCc2cc(OC)c(OC)c(OC)c2)c1. The average Bonchev–Trinajstić information content (AvgIpc) is 2.89. The van der Waals surface area contributed by atoms with Gasteiger partial charge < -0.3 is 33.9 Å². The third-order valence-electron chi connectivity index (χ3n) is 5.37. The Balaban J connectivity index is 1.79. The quantitative estimate of drug-likeness (QED) is 0.363. The highest BCUT2D eigenvalue weighted by molar-refractivity contribution is 5.94. The minimum absolute atomic E-state index is 0.0938. The largest absolute Gasteiger partial charge is 0.493 e. The van der Waals surface area contributed by atoms with Gasteiger partial charge >= 0.3 is 11.9 Å². The monoisotopic (exact) mass is 496 g/mol. The molecule has 0 aliphatic carbocycles. The number of ether oxygens (including phenoxy) is 5. The van der Waals surface area contributed by atoms with Gasteiger partial charge in [-0.15, -0.1) is 0 Å². The third kappa shape index (κ3) is 6.38. The van der Waals surface area contributed by atoms with E-state index >= 15 is 0 Å². The van der Waals surface area contributed by atoms with Gasteiger partial charge in [0, 0.05) is 0 Å². The Hall–Kier alpha value is -4.40. The van der Waals surface area contributed by atoms with Gasteiger partial charge in [0.2, 0.25) is 5.75 Å². The van der Waals surface area contributed by atoms with Crippen LogP contribution in [0.1, 0.15) is 44.3 Å². The highest BCUT2D eigenvalue weighted by atomic mass is 16.5. The number of hydrogen-bond donors (Lipinski definition) is 2. The fourth-order valence-corrected chi connectivity index (χ4v) is 3.58. The molecule has 3 aromatic carbocycles. The van der Waals surface area contributed by atoms with E-state index in [0.717, 1.165) is 29.2 Å². The number of carboxylic acids is 2. The normalized spacial score (nSPS) is 10.4. The molecule has 0 aliphatic heterocycles. The summed E-state index contributed by atoms with van der Waals surface area (Å²) in [4.78, 5) is 22.7. The van der Waals surface area contributed by atoms with Crippen LogP contribution in [0.5, 0.6) is 28.7 Å². The second-order valence-electron chi connectivity index (χ2n) is 7.81. The van der Waals surface area contributed by atoms with E-state index in [9.17, 15) is 19.8 Å². The first kappa shape index (κ1) is 26.2. The van der Waals surface area contributed by atoms with Gasteiger partial charge in [-0.05, 0) is 65.6 Å². The molecule has 0 atom stereocenters. The van der Waals surface area contributed by atoms with Gasteiger partial charge in [0.1, 0.15) is 24.7 Å². The predicted octanol–water partition coefficient (Wildman–Crippen LogP) is 4.83. The summed E-state index contributed by atoms with van der Waals surface area (Å²) in [5.41, 5.74) is 2.28. The minimum atomic E-state index is -1.24. The number of carbonyl (C=O) groups is 2. The molecular formula is C27H28O9. The molecule has 3 rings (SSSR count). The van der Waals surface area contributed by atoms with Crippen LogP contribution in [0.2, 0.25) is 0 Å². The minimum Gasteiger partial charge on any atom is -0.493 e. The van der Waals surface area contributed by atoms with Gasteiger partial charge in [0.25, 0.3) is 0 Å². The van der Waals surface area contributed by atoms with Crippen molar-refractivity contribution in [2.24, 2.45) is 0 Å². The lowest BCUT2D eigenvalue weighted by molar-refractivity contribution is 0.0696. The first-order valence-corrected chi connectivity index (χ1v) is 11.1. The molecule has 0 bridgehead atoms. The molecule has 9 heteroatoms. The Labute approximate surface area is 208 Å². The topological polar surface area (TPSA) is 121 Å². The molecular weight excluding hydrogens is 468 g/mol. The highest BCUT2D eigenvalue weighted by Gasteiger charge is 2.15. The molecule has 0 saturated carbocycles. The van der Waals surface area contributed by atoms with Crippen molar-refractivity contribution in [1.82, 2.24) is 0 Å². The molecule has 0 radical (unpaired) electrons. The summed E-state index contributed by atoms with van der Waals surface area (Å²) in [5, 5.41) is 18.5. The Kier molecular flexibility index (Phi) is 8.61. The maximum Gasteiger partial charge on any atom is 0.335 e. The summed E-state index contributed by atoms with van der Waals surface area (Å²) in [6.07, 6.45) is 0.756. The van der Waals surface area contributed by atoms with Crippen molar-refractivity contribution in [3.63, 3.8) is 0 Å². The Morgan fingerprint density at radius 1 is 0.639 bits per heavy atom. The van der Waals surface area contributed by atoms with Crippen LogP contribution in [-0.4, -0.2) is 43.5 Å². The average molecular weight is 497 g/mol. The fraction of sp³-hybridized carbons (Fsp3) is 0.259. The molecule has 0 heterocycles. The molecule has 36 heavy (non-hydrogen) atoms.